The molecule has 0 amide bonds. The molecule has 1 aliphatic rings. The summed E-state index contributed by atoms with van der Waals surface area (Å²) in [6.07, 6.45) is 0. The fourth-order valence-corrected chi connectivity index (χ4v) is 3.67. The van der Waals surface area contributed by atoms with E-state index < -0.39 is 15.6 Å². The predicted molar refractivity (Wildman–Crippen MR) is 67.3 cm³/mol. The Kier molecular flexibility index (Phi) is 2.75. The molecule has 0 aromatic heterocycles. The van der Waals surface area contributed by atoms with Crippen molar-refractivity contribution in [3.8, 4) is 0 Å². The highest BCUT2D eigenvalue weighted by molar-refractivity contribution is 7.92. The predicted octanol–water partition coefficient (Wildman–Crippen LogP) is 1.41. The molecule has 1 aliphatic heterocycles. The van der Waals surface area contributed by atoms with E-state index in [-0.39, 0.29) is 0 Å². The van der Waals surface area contributed by atoms with Crippen LogP contribution in [0.3, 0.4) is 0 Å². The Balaban J connectivity index is 2.34. The standard InChI is InChI=1S/C12H16N2O2S/c1-12(2)11(13)9-17(15,16)14(12)8-10-6-4-3-5-7-10/h3-7,9H,8,13H2,1-2H3. The van der Waals surface area contributed by atoms with Gasteiger partial charge in [0.05, 0.1) is 10.9 Å². The highest BCUT2D eigenvalue weighted by atomic mass is 32.2. The summed E-state index contributed by atoms with van der Waals surface area (Å²) in [5.74, 6) is 0. The minimum atomic E-state index is -3.40. The lowest BCUT2D eigenvalue weighted by molar-refractivity contribution is 0.272. The number of nitrogens with zero attached hydrogens (tertiary/aromatic N) is 1. The number of benzene rings is 1. The van der Waals surface area contributed by atoms with Gasteiger partial charge in [-0.05, 0) is 19.4 Å². The Morgan fingerprint density at radius 2 is 1.82 bits per heavy atom. The van der Waals surface area contributed by atoms with Crippen LogP contribution in [0.15, 0.2) is 41.4 Å². The highest BCUT2D eigenvalue weighted by Crippen LogP contribution is 2.33. The molecule has 0 atom stereocenters. The Morgan fingerprint density at radius 3 is 2.29 bits per heavy atom. The first-order valence-corrected chi connectivity index (χ1v) is 6.89. The molecule has 5 heteroatoms. The molecular formula is C12H16N2O2S. The summed E-state index contributed by atoms with van der Waals surface area (Å²) in [6.45, 7) is 3.96. The molecule has 17 heavy (non-hydrogen) atoms. The molecular weight excluding hydrogens is 236 g/mol. The first kappa shape index (κ1) is 12.1. The van der Waals surface area contributed by atoms with Crippen LogP contribution < -0.4 is 5.73 Å². The van der Waals surface area contributed by atoms with Gasteiger partial charge in [-0.1, -0.05) is 30.3 Å². The van der Waals surface area contributed by atoms with Crippen LogP contribution in [0, 0.1) is 0 Å². The minimum absolute atomic E-state index is 0.341. The Morgan fingerprint density at radius 1 is 1.24 bits per heavy atom. The van der Waals surface area contributed by atoms with E-state index in [9.17, 15) is 8.42 Å². The molecule has 2 rings (SSSR count). The summed E-state index contributed by atoms with van der Waals surface area (Å²) >= 11 is 0. The SMILES string of the molecule is CC1(C)C(N)=CS(=O)(=O)N1Cc1ccccc1. The Bertz CT molecular complexity index is 547. The van der Waals surface area contributed by atoms with E-state index in [2.05, 4.69) is 0 Å². The van der Waals surface area contributed by atoms with Gasteiger partial charge >= 0.3 is 0 Å². The van der Waals surface area contributed by atoms with Crippen LogP contribution in [-0.2, 0) is 16.6 Å². The van der Waals surface area contributed by atoms with Gasteiger partial charge in [0.25, 0.3) is 0 Å². The lowest BCUT2D eigenvalue weighted by Crippen LogP contribution is -2.44. The van der Waals surface area contributed by atoms with Gasteiger partial charge in [0.15, 0.2) is 0 Å². The lowest BCUT2D eigenvalue weighted by atomic mass is 10.0. The maximum Gasteiger partial charge on any atom is 0.239 e. The molecule has 0 radical (unpaired) electrons. The van der Waals surface area contributed by atoms with E-state index in [4.69, 9.17) is 5.73 Å². The smallest absolute Gasteiger partial charge is 0.239 e. The molecule has 0 saturated heterocycles. The fraction of sp³-hybridized carbons (Fsp3) is 0.333. The van der Waals surface area contributed by atoms with Crippen LogP contribution in [0.25, 0.3) is 0 Å². The van der Waals surface area contributed by atoms with Crippen molar-refractivity contribution in [3.05, 3.63) is 47.0 Å². The maximum atomic E-state index is 12.0. The first-order chi connectivity index (χ1) is 7.84. The van der Waals surface area contributed by atoms with Gasteiger partial charge in [0, 0.05) is 12.2 Å². The second-order valence-corrected chi connectivity index (χ2v) is 6.38. The second-order valence-electron chi connectivity index (χ2n) is 4.67. The number of nitrogens with two attached hydrogens (primary N) is 1. The van der Waals surface area contributed by atoms with Crippen LogP contribution in [0.5, 0.6) is 0 Å². The van der Waals surface area contributed by atoms with Crippen molar-refractivity contribution < 1.29 is 8.42 Å². The van der Waals surface area contributed by atoms with Gasteiger partial charge in [-0.25, -0.2) is 8.42 Å². The van der Waals surface area contributed by atoms with E-state index in [0.717, 1.165) is 11.0 Å². The summed E-state index contributed by atoms with van der Waals surface area (Å²) in [7, 11) is -3.40. The van der Waals surface area contributed by atoms with E-state index in [1.165, 1.54) is 4.31 Å². The quantitative estimate of drug-likeness (QED) is 0.865. The van der Waals surface area contributed by atoms with E-state index in [1.807, 2.05) is 44.2 Å². The molecule has 2 N–H and O–H groups in total. The Hall–Kier alpha value is -1.33. The van der Waals surface area contributed by atoms with Crippen LogP contribution in [-0.4, -0.2) is 18.3 Å². The molecule has 1 aromatic rings. The summed E-state index contributed by atoms with van der Waals surface area (Å²) in [5.41, 5.74) is 6.45. The highest BCUT2D eigenvalue weighted by Gasteiger charge is 2.43. The molecule has 0 saturated carbocycles. The second kappa shape index (κ2) is 3.85. The average molecular weight is 252 g/mol. The third kappa shape index (κ3) is 2.08. The molecule has 0 spiro atoms. The van der Waals surface area contributed by atoms with Gasteiger partial charge in [0.2, 0.25) is 10.0 Å². The van der Waals surface area contributed by atoms with Crippen LogP contribution in [0.2, 0.25) is 0 Å². The topological polar surface area (TPSA) is 63.4 Å². The summed E-state index contributed by atoms with van der Waals surface area (Å²) in [6, 6.07) is 9.49. The van der Waals surface area contributed by atoms with Gasteiger partial charge in [-0.15, -0.1) is 0 Å². The van der Waals surface area contributed by atoms with Crippen molar-refractivity contribution in [2.24, 2.45) is 5.73 Å². The van der Waals surface area contributed by atoms with Gasteiger partial charge in [0.1, 0.15) is 0 Å². The molecule has 1 heterocycles. The van der Waals surface area contributed by atoms with Crippen LogP contribution >= 0.6 is 0 Å². The monoisotopic (exact) mass is 252 g/mol. The van der Waals surface area contributed by atoms with Gasteiger partial charge in [-0.2, -0.15) is 4.31 Å². The minimum Gasteiger partial charge on any atom is -0.400 e. The molecule has 0 bridgehead atoms. The van der Waals surface area contributed by atoms with Crippen molar-refractivity contribution >= 4 is 10.0 Å². The van der Waals surface area contributed by atoms with E-state index in [1.54, 1.807) is 0 Å². The van der Waals surface area contributed by atoms with Gasteiger partial charge < -0.3 is 5.73 Å². The zero-order valence-corrected chi connectivity index (χ0v) is 10.7. The third-order valence-electron chi connectivity index (χ3n) is 3.08. The van der Waals surface area contributed by atoms with Crippen molar-refractivity contribution in [2.75, 3.05) is 0 Å². The summed E-state index contributed by atoms with van der Waals surface area (Å²) < 4.78 is 25.3. The lowest BCUT2D eigenvalue weighted by Gasteiger charge is -2.31. The number of sulfonamides is 1. The number of hydrogen-bond donors (Lipinski definition) is 1. The van der Waals surface area contributed by atoms with Crippen molar-refractivity contribution in [1.82, 2.24) is 4.31 Å². The van der Waals surface area contributed by atoms with Crippen LogP contribution in [0.1, 0.15) is 19.4 Å². The molecule has 92 valence electrons. The third-order valence-corrected chi connectivity index (χ3v) is 4.83. The molecule has 0 unspecified atom stereocenters. The zero-order valence-electron chi connectivity index (χ0n) is 9.92. The van der Waals surface area contributed by atoms with Crippen molar-refractivity contribution in [2.45, 2.75) is 25.9 Å². The number of hydrogen-bond acceptors (Lipinski definition) is 3. The van der Waals surface area contributed by atoms with Gasteiger partial charge in [-0.3, -0.25) is 0 Å². The first-order valence-electron chi connectivity index (χ1n) is 5.38. The summed E-state index contributed by atoms with van der Waals surface area (Å²) in [4.78, 5) is 0. The average Bonchev–Trinajstić information content (AvgIpc) is 2.39. The van der Waals surface area contributed by atoms with Crippen molar-refractivity contribution in [3.63, 3.8) is 0 Å². The molecule has 0 fully saturated rings. The molecule has 1 aromatic carbocycles. The normalized spacial score (nSPS) is 22.4. The fourth-order valence-electron chi connectivity index (χ4n) is 1.87. The summed E-state index contributed by atoms with van der Waals surface area (Å²) in [5, 5.41) is 1.15. The molecule has 0 aliphatic carbocycles. The number of rotatable bonds is 2. The van der Waals surface area contributed by atoms with Crippen molar-refractivity contribution in [1.29, 1.82) is 0 Å². The van der Waals surface area contributed by atoms with Crippen LogP contribution in [0.4, 0.5) is 0 Å². The van der Waals surface area contributed by atoms with E-state index in [0.29, 0.717) is 12.2 Å². The molecule has 4 nitrogen and oxygen atoms in total. The maximum absolute atomic E-state index is 12.0. The largest absolute Gasteiger partial charge is 0.400 e. The Labute approximate surface area is 102 Å². The zero-order chi connectivity index (χ0) is 12.7. The van der Waals surface area contributed by atoms with E-state index >= 15 is 0 Å².